The van der Waals surface area contributed by atoms with Gasteiger partial charge in [-0.2, -0.15) is 0 Å². The summed E-state index contributed by atoms with van der Waals surface area (Å²) in [7, 11) is -1.22. The van der Waals surface area contributed by atoms with E-state index in [1.54, 1.807) is 6.07 Å². The van der Waals surface area contributed by atoms with Gasteiger partial charge in [0.05, 0.1) is 12.2 Å². The Hall–Kier alpha value is -1.86. The molecule has 0 aliphatic carbocycles. The number of amides is 1. The Labute approximate surface area is 158 Å². The second-order valence-corrected chi connectivity index (χ2v) is 8.16. The summed E-state index contributed by atoms with van der Waals surface area (Å²) in [5.41, 5.74) is 2.64. The number of piperidine rings is 1. The highest BCUT2D eigenvalue weighted by atomic mass is 32.2. The predicted octanol–water partition coefficient (Wildman–Crippen LogP) is 2.62. The fourth-order valence-corrected chi connectivity index (χ4v) is 3.84. The van der Waals surface area contributed by atoms with Crippen LogP contribution >= 0.6 is 0 Å². The predicted molar refractivity (Wildman–Crippen MR) is 106 cm³/mol. The Morgan fingerprint density at radius 2 is 2.08 bits per heavy atom. The van der Waals surface area contributed by atoms with E-state index in [2.05, 4.69) is 30.5 Å². The van der Waals surface area contributed by atoms with Crippen LogP contribution in [0.2, 0.25) is 0 Å². The Balaban J connectivity index is 1.92. The van der Waals surface area contributed by atoms with Crippen LogP contribution in [0.5, 0.6) is 5.75 Å². The lowest BCUT2D eigenvalue weighted by atomic mass is 9.98. The van der Waals surface area contributed by atoms with E-state index in [1.165, 1.54) is 5.41 Å². The number of nitrogens with zero attached hydrogens (tertiary/aromatic N) is 1. The number of phenolic OH excluding ortho intramolecular Hbond substituents is 1. The van der Waals surface area contributed by atoms with Crippen molar-refractivity contribution in [2.75, 3.05) is 25.0 Å². The normalized spacial score (nSPS) is 16.5. The first-order valence-electron chi connectivity index (χ1n) is 8.96. The van der Waals surface area contributed by atoms with Gasteiger partial charge in [-0.1, -0.05) is 26.5 Å². The first-order chi connectivity index (χ1) is 12.3. The maximum atomic E-state index is 12.5. The molecule has 1 atom stereocenters. The van der Waals surface area contributed by atoms with Crippen LogP contribution < -0.4 is 10.0 Å². The lowest BCUT2D eigenvalue weighted by Crippen LogP contribution is -2.46. The molecular formula is C19H29N3O3S. The highest BCUT2D eigenvalue weighted by Crippen LogP contribution is 2.33. The van der Waals surface area contributed by atoms with E-state index in [0.717, 1.165) is 24.0 Å². The molecule has 0 spiro atoms. The zero-order chi connectivity index (χ0) is 19.3. The number of aromatic hydroxyl groups is 1. The molecule has 1 saturated heterocycles. The monoisotopic (exact) mass is 379 g/mol. The van der Waals surface area contributed by atoms with Crippen LogP contribution in [0.25, 0.3) is 0 Å². The lowest BCUT2D eigenvalue weighted by Gasteiger charge is -2.32. The third-order valence-electron chi connectivity index (χ3n) is 4.61. The van der Waals surface area contributed by atoms with E-state index in [0.29, 0.717) is 18.8 Å². The number of nitrogens with one attached hydrogen (secondary N) is 2. The minimum absolute atomic E-state index is 0.00275. The lowest BCUT2D eigenvalue weighted by molar-refractivity contribution is -0.130. The fraction of sp³-hybridized carbons (Fsp3) is 0.526. The van der Waals surface area contributed by atoms with E-state index in [-0.39, 0.29) is 30.2 Å². The van der Waals surface area contributed by atoms with Crippen molar-refractivity contribution in [2.24, 2.45) is 0 Å². The number of benzene rings is 1. The van der Waals surface area contributed by atoms with Gasteiger partial charge in [0.25, 0.3) is 0 Å². The van der Waals surface area contributed by atoms with Gasteiger partial charge in [0.2, 0.25) is 5.91 Å². The second-order valence-electron chi connectivity index (χ2n) is 6.99. The van der Waals surface area contributed by atoms with Gasteiger partial charge in [0.15, 0.2) is 0 Å². The SMILES string of the molecule is C=CS(=O)NC1CCN(C(=O)CNc2c(O)cc(C)cc2C(C)C)CC1. The van der Waals surface area contributed by atoms with Crippen LogP contribution in [0.1, 0.15) is 43.7 Å². The number of carbonyl (C=O) groups excluding carboxylic acids is 1. The maximum absolute atomic E-state index is 12.5. The van der Waals surface area contributed by atoms with Gasteiger partial charge in [-0.05, 0) is 42.9 Å². The number of hydrogen-bond acceptors (Lipinski definition) is 4. The van der Waals surface area contributed by atoms with Crippen LogP contribution in [0.15, 0.2) is 24.1 Å². The molecule has 0 bridgehead atoms. The van der Waals surface area contributed by atoms with E-state index in [9.17, 15) is 14.1 Å². The number of rotatable bonds is 7. The molecule has 1 aromatic carbocycles. The molecule has 7 heteroatoms. The summed E-state index contributed by atoms with van der Waals surface area (Å²) in [6.07, 6.45) is 1.52. The topological polar surface area (TPSA) is 81.7 Å². The van der Waals surface area contributed by atoms with Crippen molar-refractivity contribution < 1.29 is 14.1 Å². The molecule has 2 rings (SSSR count). The van der Waals surface area contributed by atoms with Crippen LogP contribution in [0.4, 0.5) is 5.69 Å². The van der Waals surface area contributed by atoms with E-state index in [1.807, 2.05) is 17.9 Å². The van der Waals surface area contributed by atoms with Crippen molar-refractivity contribution in [2.45, 2.75) is 45.6 Å². The van der Waals surface area contributed by atoms with Crippen molar-refractivity contribution in [1.29, 1.82) is 0 Å². The third-order valence-corrected chi connectivity index (χ3v) is 5.48. The molecule has 1 unspecified atom stereocenters. The molecule has 26 heavy (non-hydrogen) atoms. The van der Waals surface area contributed by atoms with Crippen LogP contribution in [-0.4, -0.2) is 45.8 Å². The standard InChI is InChI=1S/C19H29N3O3S/c1-5-26(25)21-15-6-8-22(9-7-15)18(24)12-20-19-16(13(2)3)10-14(4)11-17(19)23/h5,10-11,13,15,20-21,23H,1,6-9,12H2,2-4H3. The molecule has 1 amide bonds. The average molecular weight is 380 g/mol. The Kier molecular flexibility index (Phi) is 7.23. The zero-order valence-corrected chi connectivity index (χ0v) is 16.6. The van der Waals surface area contributed by atoms with Gasteiger partial charge in [-0.3, -0.25) is 4.79 Å². The molecule has 1 aliphatic rings. The zero-order valence-electron chi connectivity index (χ0n) is 15.7. The minimum atomic E-state index is -1.22. The molecule has 0 aromatic heterocycles. The molecule has 1 aliphatic heterocycles. The number of carbonyl (C=O) groups is 1. The summed E-state index contributed by atoms with van der Waals surface area (Å²) in [5.74, 6) is 0.422. The Bertz CT molecular complexity index is 683. The number of likely N-dealkylation sites (tertiary alicyclic amines) is 1. The third kappa shape index (κ3) is 5.32. The smallest absolute Gasteiger partial charge is 0.241 e. The van der Waals surface area contributed by atoms with Crippen molar-refractivity contribution in [1.82, 2.24) is 9.62 Å². The average Bonchev–Trinajstić information content (AvgIpc) is 2.60. The number of hydrogen-bond donors (Lipinski definition) is 3. The summed E-state index contributed by atoms with van der Waals surface area (Å²) in [6.45, 7) is 11.0. The molecule has 1 fully saturated rings. The molecule has 1 aromatic rings. The molecule has 6 nitrogen and oxygen atoms in total. The summed E-state index contributed by atoms with van der Waals surface area (Å²) in [4.78, 5) is 14.3. The largest absolute Gasteiger partial charge is 0.506 e. The Morgan fingerprint density at radius 3 is 2.65 bits per heavy atom. The first-order valence-corrected chi connectivity index (χ1v) is 10.2. The first kappa shape index (κ1) is 20.5. The van der Waals surface area contributed by atoms with Crippen molar-refractivity contribution >= 4 is 22.6 Å². The summed E-state index contributed by atoms with van der Waals surface area (Å²) < 4.78 is 14.5. The van der Waals surface area contributed by atoms with Crippen LogP contribution in [0, 0.1) is 6.92 Å². The minimum Gasteiger partial charge on any atom is -0.506 e. The summed E-state index contributed by atoms with van der Waals surface area (Å²) in [5, 5.41) is 14.8. The van der Waals surface area contributed by atoms with Gasteiger partial charge < -0.3 is 15.3 Å². The number of phenols is 1. The Morgan fingerprint density at radius 1 is 1.42 bits per heavy atom. The van der Waals surface area contributed by atoms with Crippen molar-refractivity contribution in [3.63, 3.8) is 0 Å². The van der Waals surface area contributed by atoms with E-state index in [4.69, 9.17) is 0 Å². The van der Waals surface area contributed by atoms with Crippen LogP contribution in [-0.2, 0) is 15.8 Å². The molecule has 144 valence electrons. The van der Waals surface area contributed by atoms with Gasteiger partial charge in [-0.25, -0.2) is 8.93 Å². The summed E-state index contributed by atoms with van der Waals surface area (Å²) in [6, 6.07) is 3.88. The van der Waals surface area contributed by atoms with Gasteiger partial charge in [0, 0.05) is 24.5 Å². The molecule has 1 heterocycles. The number of anilines is 1. The molecule has 0 radical (unpaired) electrons. The molecular weight excluding hydrogens is 350 g/mol. The molecule has 0 saturated carbocycles. The van der Waals surface area contributed by atoms with Gasteiger partial charge in [-0.15, -0.1) is 0 Å². The van der Waals surface area contributed by atoms with Crippen molar-refractivity contribution in [3.05, 3.63) is 35.2 Å². The van der Waals surface area contributed by atoms with E-state index < -0.39 is 11.0 Å². The molecule has 3 N–H and O–H groups in total. The second kappa shape index (κ2) is 9.19. The van der Waals surface area contributed by atoms with Crippen molar-refractivity contribution in [3.8, 4) is 5.75 Å². The summed E-state index contributed by atoms with van der Waals surface area (Å²) >= 11 is 0. The highest BCUT2D eigenvalue weighted by molar-refractivity contribution is 7.86. The fourth-order valence-electron chi connectivity index (χ4n) is 3.18. The van der Waals surface area contributed by atoms with Gasteiger partial charge in [0.1, 0.15) is 16.7 Å². The van der Waals surface area contributed by atoms with E-state index >= 15 is 0 Å². The van der Waals surface area contributed by atoms with Gasteiger partial charge >= 0.3 is 0 Å². The maximum Gasteiger partial charge on any atom is 0.241 e. The van der Waals surface area contributed by atoms with Crippen LogP contribution in [0.3, 0.4) is 0 Å². The quantitative estimate of drug-likeness (QED) is 0.636. The highest BCUT2D eigenvalue weighted by Gasteiger charge is 2.23. The number of aryl methyl sites for hydroxylation is 1.